The third kappa shape index (κ3) is 2.99. The Kier molecular flexibility index (Phi) is 3.72. The standard InChI is InChI=1S/C10H13BrO2/c1-7(2)5-8(6-12)9-3-4-10(11)13-9/h3-4,6-8H,5H2,1-2H3. The minimum absolute atomic E-state index is 0.105. The first-order valence-electron chi connectivity index (χ1n) is 4.34. The van der Waals surface area contributed by atoms with Gasteiger partial charge in [0.15, 0.2) is 4.67 Å². The van der Waals surface area contributed by atoms with Crippen LogP contribution >= 0.6 is 15.9 Å². The van der Waals surface area contributed by atoms with Gasteiger partial charge in [0.1, 0.15) is 12.0 Å². The Morgan fingerprint density at radius 3 is 2.62 bits per heavy atom. The van der Waals surface area contributed by atoms with Crippen molar-refractivity contribution in [1.82, 2.24) is 0 Å². The maximum atomic E-state index is 10.8. The van der Waals surface area contributed by atoms with Crippen molar-refractivity contribution in [2.45, 2.75) is 26.2 Å². The fourth-order valence-corrected chi connectivity index (χ4v) is 1.59. The number of hydrogen-bond acceptors (Lipinski definition) is 2. The molecule has 0 saturated heterocycles. The zero-order valence-electron chi connectivity index (χ0n) is 7.79. The predicted molar refractivity (Wildman–Crippen MR) is 54.7 cm³/mol. The van der Waals surface area contributed by atoms with E-state index in [1.165, 1.54) is 0 Å². The molecule has 72 valence electrons. The number of aldehydes is 1. The Balaban J connectivity index is 2.72. The largest absolute Gasteiger partial charge is 0.454 e. The van der Waals surface area contributed by atoms with Crippen LogP contribution < -0.4 is 0 Å². The van der Waals surface area contributed by atoms with Gasteiger partial charge in [-0.05, 0) is 40.4 Å². The third-order valence-electron chi connectivity index (χ3n) is 1.85. The van der Waals surface area contributed by atoms with E-state index in [1.54, 1.807) is 0 Å². The van der Waals surface area contributed by atoms with Crippen molar-refractivity contribution in [2.24, 2.45) is 5.92 Å². The van der Waals surface area contributed by atoms with Crippen LogP contribution in [-0.2, 0) is 4.79 Å². The van der Waals surface area contributed by atoms with Gasteiger partial charge in [-0.2, -0.15) is 0 Å². The maximum Gasteiger partial charge on any atom is 0.169 e. The lowest BCUT2D eigenvalue weighted by atomic mass is 9.96. The van der Waals surface area contributed by atoms with E-state index in [9.17, 15) is 4.79 Å². The van der Waals surface area contributed by atoms with E-state index in [-0.39, 0.29) is 5.92 Å². The molecule has 0 N–H and O–H groups in total. The van der Waals surface area contributed by atoms with Crippen LogP contribution in [0.25, 0.3) is 0 Å². The van der Waals surface area contributed by atoms with E-state index in [0.29, 0.717) is 10.6 Å². The highest BCUT2D eigenvalue weighted by atomic mass is 79.9. The SMILES string of the molecule is CC(C)CC(C=O)c1ccc(Br)o1. The van der Waals surface area contributed by atoms with Crippen LogP contribution in [0.2, 0.25) is 0 Å². The first-order valence-corrected chi connectivity index (χ1v) is 5.13. The molecule has 1 aromatic heterocycles. The summed E-state index contributed by atoms with van der Waals surface area (Å²) >= 11 is 3.21. The molecule has 0 saturated carbocycles. The van der Waals surface area contributed by atoms with E-state index in [1.807, 2.05) is 12.1 Å². The highest BCUT2D eigenvalue weighted by Crippen LogP contribution is 2.25. The van der Waals surface area contributed by atoms with Gasteiger partial charge in [-0.25, -0.2) is 0 Å². The molecule has 1 heterocycles. The van der Waals surface area contributed by atoms with Crippen molar-refractivity contribution in [1.29, 1.82) is 0 Å². The topological polar surface area (TPSA) is 30.2 Å². The molecule has 13 heavy (non-hydrogen) atoms. The van der Waals surface area contributed by atoms with Crippen LogP contribution in [0.15, 0.2) is 21.2 Å². The first-order chi connectivity index (χ1) is 6.13. The molecule has 1 aromatic rings. The summed E-state index contributed by atoms with van der Waals surface area (Å²) in [6.45, 7) is 4.18. The van der Waals surface area contributed by atoms with E-state index in [2.05, 4.69) is 29.8 Å². The number of halogens is 1. The van der Waals surface area contributed by atoms with Gasteiger partial charge in [-0.3, -0.25) is 0 Å². The van der Waals surface area contributed by atoms with E-state index < -0.39 is 0 Å². The molecule has 0 aliphatic carbocycles. The second-order valence-electron chi connectivity index (χ2n) is 3.51. The highest BCUT2D eigenvalue weighted by Gasteiger charge is 2.15. The fourth-order valence-electron chi connectivity index (χ4n) is 1.27. The van der Waals surface area contributed by atoms with Crippen molar-refractivity contribution in [3.63, 3.8) is 0 Å². The van der Waals surface area contributed by atoms with Gasteiger partial charge in [0.2, 0.25) is 0 Å². The molecule has 0 aromatic carbocycles. The molecule has 0 amide bonds. The van der Waals surface area contributed by atoms with Gasteiger partial charge < -0.3 is 9.21 Å². The normalized spacial score (nSPS) is 13.2. The Morgan fingerprint density at radius 2 is 2.23 bits per heavy atom. The molecule has 0 radical (unpaired) electrons. The van der Waals surface area contributed by atoms with Crippen LogP contribution in [0, 0.1) is 5.92 Å². The summed E-state index contributed by atoms with van der Waals surface area (Å²) in [4.78, 5) is 10.8. The molecular weight excluding hydrogens is 232 g/mol. The van der Waals surface area contributed by atoms with Crippen LogP contribution in [0.4, 0.5) is 0 Å². The van der Waals surface area contributed by atoms with E-state index in [0.717, 1.165) is 18.5 Å². The van der Waals surface area contributed by atoms with Crippen molar-refractivity contribution in [2.75, 3.05) is 0 Å². The lowest BCUT2D eigenvalue weighted by Crippen LogP contribution is -2.02. The molecule has 0 bridgehead atoms. The van der Waals surface area contributed by atoms with Crippen LogP contribution in [0.3, 0.4) is 0 Å². The number of rotatable bonds is 4. The molecule has 1 unspecified atom stereocenters. The summed E-state index contributed by atoms with van der Waals surface area (Å²) in [6, 6.07) is 3.65. The lowest BCUT2D eigenvalue weighted by molar-refractivity contribution is -0.109. The summed E-state index contributed by atoms with van der Waals surface area (Å²) < 4.78 is 6.00. The number of carbonyl (C=O) groups is 1. The Morgan fingerprint density at radius 1 is 1.54 bits per heavy atom. The van der Waals surface area contributed by atoms with Gasteiger partial charge in [0.05, 0.1) is 5.92 Å². The summed E-state index contributed by atoms with van der Waals surface area (Å²) in [5, 5.41) is 0. The third-order valence-corrected chi connectivity index (χ3v) is 2.28. The Bertz CT molecular complexity index is 278. The molecule has 3 heteroatoms. The molecule has 0 aliphatic heterocycles. The molecular formula is C10H13BrO2. The lowest BCUT2D eigenvalue weighted by Gasteiger charge is -2.09. The smallest absolute Gasteiger partial charge is 0.169 e. The minimum Gasteiger partial charge on any atom is -0.454 e. The van der Waals surface area contributed by atoms with E-state index >= 15 is 0 Å². The van der Waals surface area contributed by atoms with Crippen LogP contribution in [-0.4, -0.2) is 6.29 Å². The van der Waals surface area contributed by atoms with Crippen molar-refractivity contribution in [3.05, 3.63) is 22.6 Å². The summed E-state index contributed by atoms with van der Waals surface area (Å²) in [5.41, 5.74) is 0. The summed E-state index contributed by atoms with van der Waals surface area (Å²) in [7, 11) is 0. The van der Waals surface area contributed by atoms with Crippen LogP contribution in [0.1, 0.15) is 31.9 Å². The van der Waals surface area contributed by atoms with E-state index in [4.69, 9.17) is 4.42 Å². The minimum atomic E-state index is -0.105. The molecule has 1 rings (SSSR count). The molecule has 0 spiro atoms. The number of carbonyl (C=O) groups excluding carboxylic acids is 1. The predicted octanol–water partition coefficient (Wildman–Crippen LogP) is 3.37. The van der Waals surface area contributed by atoms with Crippen molar-refractivity contribution >= 4 is 22.2 Å². The maximum absolute atomic E-state index is 10.8. The monoisotopic (exact) mass is 244 g/mol. The van der Waals surface area contributed by atoms with Gasteiger partial charge >= 0.3 is 0 Å². The quantitative estimate of drug-likeness (QED) is 0.761. The molecule has 1 atom stereocenters. The first kappa shape index (κ1) is 10.5. The average molecular weight is 245 g/mol. The molecule has 0 aliphatic rings. The second kappa shape index (κ2) is 4.61. The van der Waals surface area contributed by atoms with Gasteiger partial charge in [-0.1, -0.05) is 13.8 Å². The van der Waals surface area contributed by atoms with Gasteiger partial charge in [0.25, 0.3) is 0 Å². The Labute approximate surface area is 86.4 Å². The molecule has 2 nitrogen and oxygen atoms in total. The summed E-state index contributed by atoms with van der Waals surface area (Å²) in [5.74, 6) is 1.14. The summed E-state index contributed by atoms with van der Waals surface area (Å²) in [6.07, 6.45) is 1.79. The molecule has 0 fully saturated rings. The Hall–Kier alpha value is -0.570. The number of furan rings is 1. The number of hydrogen-bond donors (Lipinski definition) is 0. The van der Waals surface area contributed by atoms with Crippen LogP contribution in [0.5, 0.6) is 0 Å². The zero-order valence-corrected chi connectivity index (χ0v) is 9.37. The van der Waals surface area contributed by atoms with Crippen molar-refractivity contribution < 1.29 is 9.21 Å². The zero-order chi connectivity index (χ0) is 9.84. The van der Waals surface area contributed by atoms with Crippen molar-refractivity contribution in [3.8, 4) is 0 Å². The average Bonchev–Trinajstić information content (AvgIpc) is 2.47. The van der Waals surface area contributed by atoms with Gasteiger partial charge in [0, 0.05) is 0 Å². The fraction of sp³-hybridized carbons (Fsp3) is 0.500. The van der Waals surface area contributed by atoms with Gasteiger partial charge in [-0.15, -0.1) is 0 Å². The second-order valence-corrected chi connectivity index (χ2v) is 4.30. The highest BCUT2D eigenvalue weighted by molar-refractivity contribution is 9.10.